The van der Waals surface area contributed by atoms with Crippen LogP contribution in [0, 0.1) is 6.92 Å². The lowest BCUT2D eigenvalue weighted by molar-refractivity contribution is -0.113. The van der Waals surface area contributed by atoms with Gasteiger partial charge in [-0.25, -0.2) is 8.78 Å². The third-order valence-corrected chi connectivity index (χ3v) is 4.42. The van der Waals surface area contributed by atoms with E-state index >= 15 is 0 Å². The van der Waals surface area contributed by atoms with Gasteiger partial charge in [0.2, 0.25) is 17.6 Å². The zero-order valence-electron chi connectivity index (χ0n) is 15.6. The van der Waals surface area contributed by atoms with Gasteiger partial charge in [0.05, 0.1) is 0 Å². The third kappa shape index (κ3) is 4.19. The van der Waals surface area contributed by atoms with Gasteiger partial charge in [-0.3, -0.25) is 4.79 Å². The van der Waals surface area contributed by atoms with Crippen LogP contribution in [-0.2, 0) is 4.79 Å². The van der Waals surface area contributed by atoms with Crippen LogP contribution in [-0.4, -0.2) is 29.0 Å². The molecule has 1 heterocycles. The predicted molar refractivity (Wildman–Crippen MR) is 100 cm³/mol. The van der Waals surface area contributed by atoms with E-state index in [0.717, 1.165) is 5.56 Å². The minimum Gasteiger partial charge on any atom is -0.392 e. The molecule has 3 N–H and O–H groups in total. The smallest absolute Gasteiger partial charge is 0.273 e. The van der Waals surface area contributed by atoms with E-state index in [2.05, 4.69) is 32.7 Å². The van der Waals surface area contributed by atoms with Gasteiger partial charge in [-0.15, -0.1) is 0 Å². The fourth-order valence-electron chi connectivity index (χ4n) is 2.87. The number of aromatic nitrogens is 2. The maximum atomic E-state index is 13.0. The molecular formula is C19H21F2N5O2. The van der Waals surface area contributed by atoms with Gasteiger partial charge in [-0.05, 0) is 24.8 Å². The van der Waals surface area contributed by atoms with E-state index in [-0.39, 0.29) is 36.2 Å². The lowest BCUT2D eigenvalue weighted by Gasteiger charge is -2.31. The lowest BCUT2D eigenvalue weighted by Crippen LogP contribution is -2.33. The standard InChI is InChI=1S/C19H21F2N5O2/c1-4-23-15(10-22-3)17(27)24-14-7-12(6-5-11(14)2)16-25-18(28-26-16)13-8-19(20,21)9-13/h4-7,10,13,22-23H,1,8-9H2,2-3H3,(H,24,27)/b15-10-. The Bertz CT molecular complexity index is 915. The van der Waals surface area contributed by atoms with Gasteiger partial charge in [0.25, 0.3) is 5.91 Å². The monoisotopic (exact) mass is 389 g/mol. The van der Waals surface area contributed by atoms with Crippen LogP contribution in [0.2, 0.25) is 0 Å². The van der Waals surface area contributed by atoms with Crippen molar-refractivity contribution in [1.29, 1.82) is 0 Å². The molecule has 28 heavy (non-hydrogen) atoms. The number of benzene rings is 1. The van der Waals surface area contributed by atoms with Crippen LogP contribution in [0.1, 0.15) is 30.2 Å². The van der Waals surface area contributed by atoms with Gasteiger partial charge < -0.3 is 20.5 Å². The fraction of sp³-hybridized carbons (Fsp3) is 0.316. The second kappa shape index (κ2) is 7.79. The molecule has 148 valence electrons. The number of halogens is 2. The maximum Gasteiger partial charge on any atom is 0.273 e. The lowest BCUT2D eigenvalue weighted by atomic mass is 9.81. The van der Waals surface area contributed by atoms with Gasteiger partial charge in [0.1, 0.15) is 5.70 Å². The van der Waals surface area contributed by atoms with E-state index < -0.39 is 11.8 Å². The Hall–Kier alpha value is -3.23. The molecule has 2 aromatic rings. The zero-order chi connectivity index (χ0) is 20.3. The molecule has 3 rings (SSSR count). The Morgan fingerprint density at radius 1 is 1.39 bits per heavy atom. The first-order chi connectivity index (χ1) is 13.3. The first kappa shape index (κ1) is 19.5. The molecule has 1 aromatic heterocycles. The van der Waals surface area contributed by atoms with Crippen molar-refractivity contribution in [3.8, 4) is 11.4 Å². The first-order valence-corrected chi connectivity index (χ1v) is 8.71. The summed E-state index contributed by atoms with van der Waals surface area (Å²) in [6.07, 6.45) is 2.36. The molecule has 1 aliphatic carbocycles. The molecule has 0 radical (unpaired) electrons. The number of amides is 1. The van der Waals surface area contributed by atoms with Crippen LogP contribution in [0.3, 0.4) is 0 Å². The summed E-state index contributed by atoms with van der Waals surface area (Å²) in [5, 5.41) is 12.2. The van der Waals surface area contributed by atoms with Crippen molar-refractivity contribution in [1.82, 2.24) is 20.8 Å². The normalized spacial score (nSPS) is 16.2. The largest absolute Gasteiger partial charge is 0.392 e. The number of anilines is 1. The number of aryl methyl sites for hydroxylation is 1. The van der Waals surface area contributed by atoms with Gasteiger partial charge in [0, 0.05) is 43.3 Å². The molecule has 1 aromatic carbocycles. The molecule has 0 aliphatic heterocycles. The summed E-state index contributed by atoms with van der Waals surface area (Å²) in [6, 6.07) is 5.30. The van der Waals surface area contributed by atoms with Gasteiger partial charge in [0.15, 0.2) is 0 Å². The molecule has 1 aliphatic rings. The van der Waals surface area contributed by atoms with E-state index in [9.17, 15) is 13.6 Å². The SMILES string of the molecule is C=CN/C(=C\NC)C(=O)Nc1cc(-c2noc(C3CC(F)(F)C3)n2)ccc1C. The Morgan fingerprint density at radius 2 is 2.14 bits per heavy atom. The summed E-state index contributed by atoms with van der Waals surface area (Å²) in [5.41, 5.74) is 2.30. The van der Waals surface area contributed by atoms with E-state index in [0.29, 0.717) is 11.3 Å². The molecule has 9 heteroatoms. The minimum absolute atomic E-state index is 0.210. The molecule has 0 bridgehead atoms. The van der Waals surface area contributed by atoms with Crippen molar-refractivity contribution < 1.29 is 18.1 Å². The van der Waals surface area contributed by atoms with E-state index in [1.165, 1.54) is 12.4 Å². The second-order valence-electron chi connectivity index (χ2n) is 6.60. The number of rotatable bonds is 7. The van der Waals surface area contributed by atoms with Crippen LogP contribution < -0.4 is 16.0 Å². The summed E-state index contributed by atoms with van der Waals surface area (Å²) in [5.74, 6) is -2.93. The zero-order valence-corrected chi connectivity index (χ0v) is 15.6. The number of hydrogen-bond acceptors (Lipinski definition) is 6. The number of alkyl halides is 2. The number of nitrogens with zero attached hydrogens (tertiary/aromatic N) is 2. The quantitative estimate of drug-likeness (QED) is 0.630. The van der Waals surface area contributed by atoms with E-state index in [1.807, 2.05) is 6.92 Å². The van der Waals surface area contributed by atoms with E-state index in [1.54, 1.807) is 25.2 Å². The van der Waals surface area contributed by atoms with Gasteiger partial charge in [-0.1, -0.05) is 23.9 Å². The highest BCUT2D eigenvalue weighted by molar-refractivity contribution is 6.04. The highest BCUT2D eigenvalue weighted by atomic mass is 19.3. The van der Waals surface area contributed by atoms with E-state index in [4.69, 9.17) is 4.52 Å². The Labute approximate surface area is 160 Å². The molecule has 1 fully saturated rings. The minimum atomic E-state index is -2.65. The van der Waals surface area contributed by atoms with Crippen molar-refractivity contribution in [2.24, 2.45) is 0 Å². The molecule has 0 saturated heterocycles. The van der Waals surface area contributed by atoms with Crippen molar-refractivity contribution in [3.63, 3.8) is 0 Å². The highest BCUT2D eigenvalue weighted by Crippen LogP contribution is 2.47. The van der Waals surface area contributed by atoms with Crippen molar-refractivity contribution in [3.05, 3.63) is 54.3 Å². The molecule has 0 unspecified atom stereocenters. The second-order valence-corrected chi connectivity index (χ2v) is 6.60. The van der Waals surface area contributed by atoms with Crippen molar-refractivity contribution in [2.75, 3.05) is 12.4 Å². The number of carbonyl (C=O) groups excluding carboxylic acids is 1. The summed E-state index contributed by atoms with van der Waals surface area (Å²) < 4.78 is 31.2. The summed E-state index contributed by atoms with van der Waals surface area (Å²) in [6.45, 7) is 5.39. The summed E-state index contributed by atoms with van der Waals surface area (Å²) >= 11 is 0. The maximum absolute atomic E-state index is 13.0. The predicted octanol–water partition coefficient (Wildman–Crippen LogP) is 3.29. The van der Waals surface area contributed by atoms with Crippen LogP contribution in [0.4, 0.5) is 14.5 Å². The van der Waals surface area contributed by atoms with Crippen LogP contribution in [0.15, 0.2) is 47.4 Å². The molecule has 7 nitrogen and oxygen atoms in total. The van der Waals surface area contributed by atoms with Crippen LogP contribution >= 0.6 is 0 Å². The molecule has 0 spiro atoms. The Morgan fingerprint density at radius 3 is 2.79 bits per heavy atom. The fourth-order valence-corrected chi connectivity index (χ4v) is 2.87. The summed E-state index contributed by atoms with van der Waals surface area (Å²) in [7, 11) is 1.68. The van der Waals surface area contributed by atoms with Gasteiger partial charge >= 0.3 is 0 Å². The van der Waals surface area contributed by atoms with Gasteiger partial charge in [-0.2, -0.15) is 4.98 Å². The number of carbonyl (C=O) groups is 1. The molecule has 0 atom stereocenters. The third-order valence-electron chi connectivity index (χ3n) is 4.42. The Kier molecular flexibility index (Phi) is 5.43. The van der Waals surface area contributed by atoms with Crippen LogP contribution in [0.5, 0.6) is 0 Å². The summed E-state index contributed by atoms with van der Waals surface area (Å²) in [4.78, 5) is 16.7. The molecule has 1 amide bonds. The molecular weight excluding hydrogens is 368 g/mol. The van der Waals surface area contributed by atoms with Crippen LogP contribution in [0.25, 0.3) is 11.4 Å². The number of nitrogens with one attached hydrogen (secondary N) is 3. The Balaban J connectivity index is 1.78. The average molecular weight is 389 g/mol. The van der Waals surface area contributed by atoms with Crippen molar-refractivity contribution >= 4 is 11.6 Å². The molecule has 1 saturated carbocycles. The number of hydrogen-bond donors (Lipinski definition) is 3. The average Bonchev–Trinajstić information content (AvgIpc) is 3.11. The topological polar surface area (TPSA) is 92.1 Å². The van der Waals surface area contributed by atoms with Crippen molar-refractivity contribution in [2.45, 2.75) is 31.6 Å². The first-order valence-electron chi connectivity index (χ1n) is 8.71. The highest BCUT2D eigenvalue weighted by Gasteiger charge is 2.48.